The molecule has 3 nitrogen and oxygen atoms in total. The van der Waals surface area contributed by atoms with Gasteiger partial charge in [-0.2, -0.15) is 0 Å². The maximum atomic E-state index is 11.6. The zero-order chi connectivity index (χ0) is 12.0. The van der Waals surface area contributed by atoms with Crippen molar-refractivity contribution in [2.24, 2.45) is 0 Å². The third-order valence-electron chi connectivity index (χ3n) is 2.34. The van der Waals surface area contributed by atoms with E-state index in [-0.39, 0.29) is 12.0 Å². The molecule has 1 rings (SSSR count). The van der Waals surface area contributed by atoms with Crippen LogP contribution in [0.25, 0.3) is 0 Å². The van der Waals surface area contributed by atoms with Gasteiger partial charge < -0.3 is 10.4 Å². The number of hydrogen-bond donors (Lipinski definition) is 3. The van der Waals surface area contributed by atoms with Gasteiger partial charge in [-0.3, -0.25) is 4.79 Å². The second-order valence-corrected chi connectivity index (χ2v) is 4.17. The minimum absolute atomic E-state index is 0.126. The molecule has 0 aliphatic rings. The second kappa shape index (κ2) is 6.55. The third-order valence-corrected chi connectivity index (χ3v) is 2.62. The second-order valence-electron chi connectivity index (χ2n) is 3.66. The summed E-state index contributed by atoms with van der Waals surface area (Å²) in [5, 5.41) is 12.1. The first-order chi connectivity index (χ1) is 7.63. The molecule has 1 amide bonds. The number of amides is 1. The summed E-state index contributed by atoms with van der Waals surface area (Å²) in [4.78, 5) is 12.4. The highest BCUT2D eigenvalue weighted by molar-refractivity contribution is 7.80. The van der Waals surface area contributed by atoms with Crippen LogP contribution in [0.5, 0.6) is 0 Å². The summed E-state index contributed by atoms with van der Waals surface area (Å²) in [7, 11) is 0. The van der Waals surface area contributed by atoms with Crippen LogP contribution in [-0.4, -0.2) is 23.7 Å². The Morgan fingerprint density at radius 1 is 1.56 bits per heavy atom. The van der Waals surface area contributed by atoms with Gasteiger partial charge in [0.15, 0.2) is 0 Å². The summed E-state index contributed by atoms with van der Waals surface area (Å²) in [6.45, 7) is 2.40. The number of thiol groups is 1. The normalized spacial score (nSPS) is 12.2. The summed E-state index contributed by atoms with van der Waals surface area (Å²) in [5.74, 6) is -0.126. The molecule has 88 valence electrons. The van der Waals surface area contributed by atoms with E-state index in [0.717, 1.165) is 4.90 Å². The van der Waals surface area contributed by atoms with Gasteiger partial charge in [0.25, 0.3) is 5.91 Å². The van der Waals surface area contributed by atoms with Crippen LogP contribution in [0.4, 0.5) is 0 Å². The quantitative estimate of drug-likeness (QED) is 0.687. The van der Waals surface area contributed by atoms with Gasteiger partial charge in [-0.05, 0) is 31.0 Å². The van der Waals surface area contributed by atoms with E-state index in [1.807, 2.05) is 13.0 Å². The maximum absolute atomic E-state index is 11.6. The molecule has 0 saturated carbocycles. The molecule has 4 heteroatoms. The molecule has 1 aromatic rings. The van der Waals surface area contributed by atoms with Crippen molar-refractivity contribution in [1.82, 2.24) is 5.32 Å². The van der Waals surface area contributed by atoms with E-state index in [9.17, 15) is 9.90 Å². The van der Waals surface area contributed by atoms with Gasteiger partial charge in [0.1, 0.15) is 0 Å². The fourth-order valence-corrected chi connectivity index (χ4v) is 1.53. The molecule has 0 fully saturated rings. The highest BCUT2D eigenvalue weighted by atomic mass is 32.1. The Balaban J connectivity index is 2.41. The average Bonchev–Trinajstić information content (AvgIpc) is 2.28. The molecule has 0 saturated heterocycles. The Kier molecular flexibility index (Phi) is 5.35. The molecule has 1 atom stereocenters. The Hall–Kier alpha value is -1.00. The topological polar surface area (TPSA) is 49.3 Å². The lowest BCUT2D eigenvalue weighted by Crippen LogP contribution is -2.26. The van der Waals surface area contributed by atoms with E-state index in [4.69, 9.17) is 0 Å². The Morgan fingerprint density at radius 2 is 2.31 bits per heavy atom. The van der Waals surface area contributed by atoms with Crippen LogP contribution >= 0.6 is 12.6 Å². The minimum atomic E-state index is -0.337. The summed E-state index contributed by atoms with van der Waals surface area (Å²) >= 11 is 4.17. The molecule has 0 bridgehead atoms. The third kappa shape index (κ3) is 4.24. The maximum Gasteiger partial charge on any atom is 0.251 e. The number of rotatable bonds is 5. The van der Waals surface area contributed by atoms with Crippen molar-refractivity contribution >= 4 is 18.5 Å². The minimum Gasteiger partial charge on any atom is -0.393 e. The predicted octanol–water partition coefficient (Wildman–Crippen LogP) is 1.87. The number of hydrogen-bond acceptors (Lipinski definition) is 3. The number of aliphatic hydroxyl groups is 1. The smallest absolute Gasteiger partial charge is 0.251 e. The molecule has 16 heavy (non-hydrogen) atoms. The first-order valence-electron chi connectivity index (χ1n) is 5.38. The SMILES string of the molecule is CCC(O)CCNC(=O)c1cccc(S)c1. The van der Waals surface area contributed by atoms with E-state index in [2.05, 4.69) is 17.9 Å². The van der Waals surface area contributed by atoms with Crippen molar-refractivity contribution in [3.63, 3.8) is 0 Å². The van der Waals surface area contributed by atoms with Crippen molar-refractivity contribution in [3.05, 3.63) is 29.8 Å². The van der Waals surface area contributed by atoms with Crippen molar-refractivity contribution in [2.45, 2.75) is 30.8 Å². The highest BCUT2D eigenvalue weighted by Gasteiger charge is 2.06. The fourth-order valence-electron chi connectivity index (χ4n) is 1.31. The molecular weight excluding hydrogens is 222 g/mol. The van der Waals surface area contributed by atoms with Gasteiger partial charge >= 0.3 is 0 Å². The van der Waals surface area contributed by atoms with Gasteiger partial charge in [0, 0.05) is 17.0 Å². The Morgan fingerprint density at radius 3 is 2.94 bits per heavy atom. The lowest BCUT2D eigenvalue weighted by molar-refractivity contribution is 0.0941. The van der Waals surface area contributed by atoms with Crippen LogP contribution < -0.4 is 5.32 Å². The number of carbonyl (C=O) groups is 1. The summed E-state index contributed by atoms with van der Waals surface area (Å²) in [5.41, 5.74) is 0.596. The molecular formula is C12H17NO2S. The number of aliphatic hydroxyl groups excluding tert-OH is 1. The molecule has 1 aromatic carbocycles. The highest BCUT2D eigenvalue weighted by Crippen LogP contribution is 2.08. The van der Waals surface area contributed by atoms with Gasteiger partial charge in [-0.25, -0.2) is 0 Å². The molecule has 0 aromatic heterocycles. The molecule has 0 heterocycles. The lowest BCUT2D eigenvalue weighted by atomic mass is 10.2. The summed E-state index contributed by atoms with van der Waals surface area (Å²) < 4.78 is 0. The summed E-state index contributed by atoms with van der Waals surface area (Å²) in [6, 6.07) is 7.07. The zero-order valence-electron chi connectivity index (χ0n) is 9.31. The van der Waals surface area contributed by atoms with Gasteiger partial charge in [-0.1, -0.05) is 13.0 Å². The van der Waals surface area contributed by atoms with Gasteiger partial charge in [0.2, 0.25) is 0 Å². The molecule has 2 N–H and O–H groups in total. The van der Waals surface area contributed by atoms with E-state index < -0.39 is 0 Å². The van der Waals surface area contributed by atoms with Gasteiger partial charge in [-0.15, -0.1) is 12.6 Å². The Labute approximate surface area is 101 Å². The monoisotopic (exact) mass is 239 g/mol. The average molecular weight is 239 g/mol. The van der Waals surface area contributed by atoms with Crippen LogP contribution in [0.3, 0.4) is 0 Å². The van der Waals surface area contributed by atoms with Crippen molar-refractivity contribution in [1.29, 1.82) is 0 Å². The molecule has 0 aliphatic carbocycles. The van der Waals surface area contributed by atoms with Crippen molar-refractivity contribution < 1.29 is 9.90 Å². The molecule has 1 unspecified atom stereocenters. The van der Waals surface area contributed by atoms with Crippen molar-refractivity contribution in [3.8, 4) is 0 Å². The first kappa shape index (κ1) is 13.1. The number of benzene rings is 1. The zero-order valence-corrected chi connectivity index (χ0v) is 10.2. The standard InChI is InChI=1S/C12H17NO2S/c1-2-10(14)6-7-13-12(15)9-4-3-5-11(16)8-9/h3-5,8,10,14,16H,2,6-7H2,1H3,(H,13,15). The van der Waals surface area contributed by atoms with E-state index in [0.29, 0.717) is 24.9 Å². The van der Waals surface area contributed by atoms with Crippen LogP contribution in [0, 0.1) is 0 Å². The number of carbonyl (C=O) groups excluding carboxylic acids is 1. The van der Waals surface area contributed by atoms with Crippen molar-refractivity contribution in [2.75, 3.05) is 6.54 Å². The molecule has 0 spiro atoms. The Bertz CT molecular complexity index is 355. The van der Waals surface area contributed by atoms with Crippen LogP contribution in [0.2, 0.25) is 0 Å². The largest absolute Gasteiger partial charge is 0.393 e. The van der Waals surface area contributed by atoms with Crippen LogP contribution in [-0.2, 0) is 0 Å². The van der Waals surface area contributed by atoms with E-state index >= 15 is 0 Å². The van der Waals surface area contributed by atoms with Crippen LogP contribution in [0.1, 0.15) is 30.1 Å². The van der Waals surface area contributed by atoms with E-state index in [1.165, 1.54) is 0 Å². The predicted molar refractivity (Wildman–Crippen MR) is 66.9 cm³/mol. The van der Waals surface area contributed by atoms with E-state index in [1.54, 1.807) is 18.2 Å². The summed E-state index contributed by atoms with van der Waals surface area (Å²) in [6.07, 6.45) is 0.960. The lowest BCUT2D eigenvalue weighted by Gasteiger charge is -2.09. The van der Waals surface area contributed by atoms with Gasteiger partial charge in [0.05, 0.1) is 6.10 Å². The molecule has 0 aliphatic heterocycles. The fraction of sp³-hybridized carbons (Fsp3) is 0.417. The number of nitrogens with one attached hydrogen (secondary N) is 1. The molecule has 0 radical (unpaired) electrons. The first-order valence-corrected chi connectivity index (χ1v) is 5.83. The van der Waals surface area contributed by atoms with Crippen LogP contribution in [0.15, 0.2) is 29.2 Å².